The lowest BCUT2D eigenvalue weighted by Gasteiger charge is -2.10. The fourth-order valence-electron chi connectivity index (χ4n) is 3.54. The number of ether oxygens (including phenoxy) is 1. The molecule has 3 heterocycles. The molecule has 3 aromatic heterocycles. The quantitative estimate of drug-likeness (QED) is 0.321. The van der Waals surface area contributed by atoms with Crippen molar-refractivity contribution in [3.8, 4) is 0 Å². The number of amides is 1. The summed E-state index contributed by atoms with van der Waals surface area (Å²) >= 11 is 2.60. The molecular formula is C22H23N5O3S2. The van der Waals surface area contributed by atoms with Gasteiger partial charge < -0.3 is 10.1 Å². The Balaban J connectivity index is 1.49. The van der Waals surface area contributed by atoms with Crippen LogP contribution in [0.25, 0.3) is 16.6 Å². The van der Waals surface area contributed by atoms with Gasteiger partial charge in [-0.15, -0.1) is 21.5 Å². The van der Waals surface area contributed by atoms with Crippen molar-refractivity contribution in [3.63, 3.8) is 0 Å². The lowest BCUT2D eigenvalue weighted by atomic mass is 10.0. The molecule has 0 aliphatic carbocycles. The number of esters is 1. The van der Waals surface area contributed by atoms with E-state index in [1.165, 1.54) is 28.7 Å². The number of hydrogen-bond acceptors (Lipinski definition) is 8. The summed E-state index contributed by atoms with van der Waals surface area (Å²) < 4.78 is 6.94. The van der Waals surface area contributed by atoms with Gasteiger partial charge in [-0.1, -0.05) is 17.8 Å². The minimum absolute atomic E-state index is 0.0892. The summed E-state index contributed by atoms with van der Waals surface area (Å²) in [4.78, 5) is 28.4. The number of pyridine rings is 1. The number of thioether (sulfide) groups is 1. The van der Waals surface area contributed by atoms with E-state index in [9.17, 15) is 9.59 Å². The summed E-state index contributed by atoms with van der Waals surface area (Å²) in [6.07, 6.45) is 0.0892. The van der Waals surface area contributed by atoms with Gasteiger partial charge in [0.2, 0.25) is 5.91 Å². The number of hydrogen-bond donors (Lipinski definition) is 1. The molecule has 4 rings (SSSR count). The van der Waals surface area contributed by atoms with E-state index in [2.05, 4.69) is 52.5 Å². The maximum absolute atomic E-state index is 12.5. The zero-order valence-corrected chi connectivity index (χ0v) is 19.9. The van der Waals surface area contributed by atoms with Crippen LogP contribution in [-0.2, 0) is 20.7 Å². The number of nitrogens with zero attached hydrogens (tertiary/aromatic N) is 4. The highest BCUT2D eigenvalue weighted by molar-refractivity contribution is 7.99. The Bertz CT molecular complexity index is 1330. The number of nitrogens with one attached hydrogen (secondary N) is 1. The van der Waals surface area contributed by atoms with Crippen molar-refractivity contribution in [1.29, 1.82) is 0 Å². The zero-order valence-electron chi connectivity index (χ0n) is 18.3. The smallest absolute Gasteiger partial charge is 0.311 e. The fourth-order valence-corrected chi connectivity index (χ4v) is 5.01. The molecule has 0 unspecified atom stereocenters. The second-order valence-electron chi connectivity index (χ2n) is 7.45. The molecule has 1 amide bonds. The van der Waals surface area contributed by atoms with Gasteiger partial charge in [-0.2, -0.15) is 0 Å². The first kappa shape index (κ1) is 22.2. The largest absolute Gasteiger partial charge is 0.466 e. The molecule has 10 heteroatoms. The minimum Gasteiger partial charge on any atom is -0.466 e. The number of anilines is 1. The topological polar surface area (TPSA) is 98.5 Å². The van der Waals surface area contributed by atoms with Crippen LogP contribution < -0.4 is 5.32 Å². The van der Waals surface area contributed by atoms with E-state index in [4.69, 9.17) is 4.74 Å². The number of aryl methyl sites for hydroxylation is 3. The van der Waals surface area contributed by atoms with Gasteiger partial charge >= 0.3 is 5.97 Å². The molecule has 4 aromatic rings. The molecule has 0 atom stereocenters. The predicted octanol–water partition coefficient (Wildman–Crippen LogP) is 4.10. The molecule has 0 bridgehead atoms. The number of carbonyl (C=O) groups is 2. The molecule has 1 aromatic carbocycles. The van der Waals surface area contributed by atoms with Gasteiger partial charge in [0.1, 0.15) is 0 Å². The molecule has 166 valence electrons. The van der Waals surface area contributed by atoms with E-state index in [1.807, 2.05) is 11.3 Å². The van der Waals surface area contributed by atoms with Crippen molar-refractivity contribution in [2.24, 2.45) is 0 Å². The first-order chi connectivity index (χ1) is 15.4. The molecule has 1 N–H and O–H groups in total. The van der Waals surface area contributed by atoms with Crippen LogP contribution >= 0.6 is 23.1 Å². The van der Waals surface area contributed by atoms with Crippen LogP contribution in [0.3, 0.4) is 0 Å². The summed E-state index contributed by atoms with van der Waals surface area (Å²) in [5, 5.41) is 15.5. The van der Waals surface area contributed by atoms with E-state index >= 15 is 0 Å². The van der Waals surface area contributed by atoms with Crippen LogP contribution in [0.4, 0.5) is 5.13 Å². The number of benzene rings is 1. The van der Waals surface area contributed by atoms with Crippen LogP contribution in [0.2, 0.25) is 0 Å². The Hall–Kier alpha value is -2.98. The molecule has 0 radical (unpaired) electrons. The summed E-state index contributed by atoms with van der Waals surface area (Å²) in [6, 6.07) is 6.40. The standard InChI is InChI=1S/C22H23N5O3S2/c1-5-30-19(29)9-15-10-31-21(23-15)24-18(28)11-32-22-26-25-20-14(4)8-16-13(3)6-12(2)7-17(16)27(20)22/h6-8,10H,5,9,11H2,1-4H3,(H,23,24,28). The van der Waals surface area contributed by atoms with Gasteiger partial charge in [0.25, 0.3) is 0 Å². The van der Waals surface area contributed by atoms with Crippen LogP contribution in [-0.4, -0.2) is 43.8 Å². The Morgan fingerprint density at radius 1 is 1.16 bits per heavy atom. The number of aromatic nitrogens is 4. The first-order valence-electron chi connectivity index (χ1n) is 10.1. The Kier molecular flexibility index (Phi) is 6.43. The Morgan fingerprint density at radius 3 is 2.75 bits per heavy atom. The first-order valence-corrected chi connectivity index (χ1v) is 12.0. The molecule has 0 fully saturated rings. The van der Waals surface area contributed by atoms with Crippen LogP contribution in [0.5, 0.6) is 0 Å². The van der Waals surface area contributed by atoms with Crippen molar-refractivity contribution in [3.05, 3.63) is 46.0 Å². The summed E-state index contributed by atoms with van der Waals surface area (Å²) in [6.45, 7) is 8.26. The van der Waals surface area contributed by atoms with Crippen molar-refractivity contribution >= 4 is 56.7 Å². The zero-order chi connectivity index (χ0) is 22.8. The van der Waals surface area contributed by atoms with Gasteiger partial charge in [-0.3, -0.25) is 14.0 Å². The predicted molar refractivity (Wildman–Crippen MR) is 127 cm³/mol. The van der Waals surface area contributed by atoms with Crippen molar-refractivity contribution in [2.75, 3.05) is 17.7 Å². The van der Waals surface area contributed by atoms with Crippen LogP contribution in [0.1, 0.15) is 29.3 Å². The van der Waals surface area contributed by atoms with Gasteiger partial charge in [-0.25, -0.2) is 4.98 Å². The van der Waals surface area contributed by atoms with E-state index in [0.29, 0.717) is 22.6 Å². The third-order valence-electron chi connectivity index (χ3n) is 4.86. The van der Waals surface area contributed by atoms with Gasteiger partial charge in [0.05, 0.1) is 30.0 Å². The third kappa shape index (κ3) is 4.61. The summed E-state index contributed by atoms with van der Waals surface area (Å²) in [7, 11) is 0. The minimum atomic E-state index is -0.335. The highest BCUT2D eigenvalue weighted by Crippen LogP contribution is 2.28. The second-order valence-corrected chi connectivity index (χ2v) is 9.25. The highest BCUT2D eigenvalue weighted by Gasteiger charge is 2.16. The summed E-state index contributed by atoms with van der Waals surface area (Å²) in [5.41, 5.74) is 5.77. The van der Waals surface area contributed by atoms with Gasteiger partial charge in [0, 0.05) is 10.8 Å². The SMILES string of the molecule is CCOC(=O)Cc1csc(NC(=O)CSc2nnc3c(C)cc4c(C)cc(C)cc4n23)n1. The van der Waals surface area contributed by atoms with Crippen molar-refractivity contribution in [1.82, 2.24) is 19.6 Å². The van der Waals surface area contributed by atoms with Crippen molar-refractivity contribution < 1.29 is 14.3 Å². The second kappa shape index (κ2) is 9.25. The monoisotopic (exact) mass is 469 g/mol. The van der Waals surface area contributed by atoms with Gasteiger partial charge in [-0.05, 0) is 56.5 Å². The van der Waals surface area contributed by atoms with E-state index in [1.54, 1.807) is 12.3 Å². The molecule has 0 saturated heterocycles. The van der Waals surface area contributed by atoms with Crippen molar-refractivity contribution in [2.45, 2.75) is 39.3 Å². The maximum Gasteiger partial charge on any atom is 0.311 e. The van der Waals surface area contributed by atoms with E-state index in [0.717, 1.165) is 27.7 Å². The number of rotatable bonds is 7. The third-order valence-corrected chi connectivity index (χ3v) is 6.59. The molecule has 32 heavy (non-hydrogen) atoms. The van der Waals surface area contributed by atoms with Crippen LogP contribution in [0, 0.1) is 20.8 Å². The average molecular weight is 470 g/mol. The highest BCUT2D eigenvalue weighted by atomic mass is 32.2. The Labute approximate surface area is 193 Å². The average Bonchev–Trinajstić information content (AvgIpc) is 3.35. The molecule has 0 aliphatic heterocycles. The number of carbonyl (C=O) groups excluding carboxylic acids is 2. The fraction of sp³-hybridized carbons (Fsp3) is 0.318. The lowest BCUT2D eigenvalue weighted by Crippen LogP contribution is -2.14. The molecular weight excluding hydrogens is 446 g/mol. The molecule has 0 saturated carbocycles. The molecule has 0 aliphatic rings. The molecule has 8 nitrogen and oxygen atoms in total. The molecule has 0 spiro atoms. The normalized spacial score (nSPS) is 11.2. The summed E-state index contributed by atoms with van der Waals surface area (Å²) in [5.74, 6) is -0.376. The number of fused-ring (bicyclic) bond motifs is 3. The van der Waals surface area contributed by atoms with Crippen LogP contribution in [0.15, 0.2) is 28.7 Å². The maximum atomic E-state index is 12.5. The van der Waals surface area contributed by atoms with E-state index < -0.39 is 0 Å². The van der Waals surface area contributed by atoms with E-state index in [-0.39, 0.29) is 24.1 Å². The van der Waals surface area contributed by atoms with Gasteiger partial charge in [0.15, 0.2) is 15.9 Å². The Morgan fingerprint density at radius 2 is 1.97 bits per heavy atom. The lowest BCUT2D eigenvalue weighted by molar-refractivity contribution is -0.142. The number of thiazole rings is 1.